The molecular formula is C23H17F3N4OS2. The smallest absolute Gasteiger partial charge is 0.314 e. The van der Waals surface area contributed by atoms with Crippen LogP contribution in [-0.4, -0.2) is 26.1 Å². The quantitative estimate of drug-likeness (QED) is 0.307. The average molecular weight is 487 g/mol. The van der Waals surface area contributed by atoms with Crippen molar-refractivity contribution in [3.63, 3.8) is 0 Å². The summed E-state index contributed by atoms with van der Waals surface area (Å²) < 4.78 is 41.4. The van der Waals surface area contributed by atoms with Crippen LogP contribution in [0, 0.1) is 18.3 Å². The highest BCUT2D eigenvalue weighted by Crippen LogP contribution is 2.33. The van der Waals surface area contributed by atoms with Gasteiger partial charge in [0, 0.05) is 11.1 Å². The van der Waals surface area contributed by atoms with Gasteiger partial charge in [-0.1, -0.05) is 42.1 Å². The Balaban J connectivity index is 1.65. The molecule has 1 atom stereocenters. The molecule has 0 saturated carbocycles. The molecule has 2 aromatic carbocycles. The summed E-state index contributed by atoms with van der Waals surface area (Å²) >= 11 is 2.36. The van der Waals surface area contributed by atoms with Gasteiger partial charge in [-0.2, -0.15) is 18.4 Å². The van der Waals surface area contributed by atoms with Crippen LogP contribution in [0.2, 0.25) is 0 Å². The number of aryl methyl sites for hydroxylation is 1. The first-order valence-corrected chi connectivity index (χ1v) is 11.7. The highest BCUT2D eigenvalue weighted by Gasteiger charge is 2.31. The van der Waals surface area contributed by atoms with E-state index in [1.54, 1.807) is 16.9 Å². The van der Waals surface area contributed by atoms with E-state index in [0.717, 1.165) is 35.2 Å². The standard InChI is InChI=1S/C23H17F3N4OS2/c1-14-12-32-21(28-14)17(10-27)20(31)13-33-22-29-18-9-16(23(24,25)26)7-8-19(18)30(22)11-15-5-3-2-4-6-15/h2-9,12,17H,11,13H2,1H3/t17-/m0/s1. The van der Waals surface area contributed by atoms with E-state index in [-0.39, 0.29) is 17.1 Å². The zero-order valence-corrected chi connectivity index (χ0v) is 19.0. The molecule has 2 aromatic heterocycles. The Bertz CT molecular complexity index is 1340. The van der Waals surface area contributed by atoms with E-state index < -0.39 is 17.7 Å². The molecule has 5 nitrogen and oxygen atoms in total. The molecule has 4 aromatic rings. The molecule has 4 rings (SSSR count). The Morgan fingerprint density at radius 1 is 1.21 bits per heavy atom. The third kappa shape index (κ3) is 5.10. The number of thiazole rings is 1. The molecule has 0 amide bonds. The number of carbonyl (C=O) groups is 1. The average Bonchev–Trinajstić information content (AvgIpc) is 3.36. The number of hydrogen-bond acceptors (Lipinski definition) is 6. The summed E-state index contributed by atoms with van der Waals surface area (Å²) in [6.07, 6.45) is -4.48. The van der Waals surface area contributed by atoms with Gasteiger partial charge in [-0.05, 0) is 30.7 Å². The van der Waals surface area contributed by atoms with Crippen LogP contribution in [0.25, 0.3) is 11.0 Å². The van der Waals surface area contributed by atoms with E-state index in [1.807, 2.05) is 36.4 Å². The first-order chi connectivity index (χ1) is 15.8. The minimum absolute atomic E-state index is 0.0545. The number of fused-ring (bicyclic) bond motifs is 1. The third-order valence-electron chi connectivity index (χ3n) is 4.90. The number of nitriles is 1. The molecular weight excluding hydrogens is 469 g/mol. The number of alkyl halides is 3. The lowest BCUT2D eigenvalue weighted by molar-refractivity contribution is -0.137. The van der Waals surface area contributed by atoms with E-state index in [2.05, 4.69) is 9.97 Å². The van der Waals surface area contributed by atoms with Gasteiger partial charge in [0.05, 0.1) is 35.0 Å². The topological polar surface area (TPSA) is 71.6 Å². The van der Waals surface area contributed by atoms with Crippen LogP contribution >= 0.6 is 23.1 Å². The number of nitrogens with zero attached hydrogens (tertiary/aromatic N) is 4. The minimum Gasteiger partial charge on any atom is -0.314 e. The lowest BCUT2D eigenvalue weighted by atomic mass is 10.1. The Hall–Kier alpha value is -3.16. The summed E-state index contributed by atoms with van der Waals surface area (Å²) in [7, 11) is 0. The number of imidazole rings is 1. The van der Waals surface area contributed by atoms with Gasteiger partial charge in [0.1, 0.15) is 5.01 Å². The summed E-state index contributed by atoms with van der Waals surface area (Å²) in [6.45, 7) is 2.17. The largest absolute Gasteiger partial charge is 0.416 e. The van der Waals surface area contributed by atoms with Gasteiger partial charge >= 0.3 is 6.18 Å². The van der Waals surface area contributed by atoms with Crippen LogP contribution in [0.5, 0.6) is 0 Å². The van der Waals surface area contributed by atoms with Crippen molar-refractivity contribution >= 4 is 39.9 Å². The van der Waals surface area contributed by atoms with Crippen molar-refractivity contribution in [1.29, 1.82) is 5.26 Å². The van der Waals surface area contributed by atoms with Gasteiger partial charge in [0.25, 0.3) is 0 Å². The first kappa shape index (κ1) is 23.0. The molecule has 0 aliphatic rings. The third-order valence-corrected chi connectivity index (χ3v) is 6.93. The molecule has 10 heteroatoms. The molecule has 0 unspecified atom stereocenters. The molecule has 0 saturated heterocycles. The Kier molecular flexibility index (Phi) is 6.54. The Morgan fingerprint density at radius 2 is 1.97 bits per heavy atom. The van der Waals surface area contributed by atoms with Crippen molar-refractivity contribution in [2.24, 2.45) is 0 Å². The predicted molar refractivity (Wildman–Crippen MR) is 121 cm³/mol. The van der Waals surface area contributed by atoms with Gasteiger partial charge in [-0.15, -0.1) is 11.3 Å². The predicted octanol–water partition coefficient (Wildman–Crippen LogP) is 5.84. The SMILES string of the molecule is Cc1csc([C@@H](C#N)C(=O)CSc2nc3cc(C(F)(F)F)ccc3n2Cc2ccccc2)n1. The summed E-state index contributed by atoms with van der Waals surface area (Å²) in [6, 6.07) is 14.9. The van der Waals surface area contributed by atoms with E-state index in [1.165, 1.54) is 17.4 Å². The summed E-state index contributed by atoms with van der Waals surface area (Å²) in [5.74, 6) is -1.37. The van der Waals surface area contributed by atoms with E-state index >= 15 is 0 Å². The summed E-state index contributed by atoms with van der Waals surface area (Å²) in [5.41, 5.74) is 1.63. The lowest BCUT2D eigenvalue weighted by Gasteiger charge is -2.10. The number of benzene rings is 2. The van der Waals surface area contributed by atoms with Crippen LogP contribution in [0.3, 0.4) is 0 Å². The second-order valence-corrected chi connectivity index (χ2v) is 9.14. The first-order valence-electron chi connectivity index (χ1n) is 9.85. The van der Waals surface area contributed by atoms with Crippen LogP contribution < -0.4 is 0 Å². The molecule has 0 aliphatic carbocycles. The number of carbonyl (C=O) groups excluding carboxylic acids is 1. The number of Topliss-reactive ketones (excluding diaryl/α,β-unsaturated/α-hetero) is 1. The number of ketones is 1. The van der Waals surface area contributed by atoms with Crippen molar-refractivity contribution in [2.75, 3.05) is 5.75 Å². The minimum atomic E-state index is -4.48. The highest BCUT2D eigenvalue weighted by molar-refractivity contribution is 7.99. The van der Waals surface area contributed by atoms with Crippen molar-refractivity contribution < 1.29 is 18.0 Å². The van der Waals surface area contributed by atoms with E-state index in [9.17, 15) is 23.2 Å². The van der Waals surface area contributed by atoms with Crippen LogP contribution in [0.1, 0.15) is 27.7 Å². The monoisotopic (exact) mass is 486 g/mol. The zero-order chi connectivity index (χ0) is 23.6. The van der Waals surface area contributed by atoms with Gasteiger partial charge in [0.2, 0.25) is 0 Å². The van der Waals surface area contributed by atoms with Crippen LogP contribution in [0.15, 0.2) is 59.1 Å². The maximum absolute atomic E-state index is 13.2. The normalized spacial score (nSPS) is 12.6. The van der Waals surface area contributed by atoms with Gasteiger partial charge in [-0.3, -0.25) is 4.79 Å². The molecule has 0 fully saturated rings. The van der Waals surface area contributed by atoms with Gasteiger partial charge < -0.3 is 4.57 Å². The number of aromatic nitrogens is 3. The summed E-state index contributed by atoms with van der Waals surface area (Å²) in [5, 5.41) is 12.1. The fourth-order valence-corrected chi connectivity index (χ4v) is 5.08. The number of hydrogen-bond donors (Lipinski definition) is 0. The van der Waals surface area contributed by atoms with Crippen LogP contribution in [0.4, 0.5) is 13.2 Å². The maximum atomic E-state index is 13.2. The number of rotatable bonds is 7. The highest BCUT2D eigenvalue weighted by atomic mass is 32.2. The molecule has 33 heavy (non-hydrogen) atoms. The lowest BCUT2D eigenvalue weighted by Crippen LogP contribution is -2.14. The molecule has 0 radical (unpaired) electrons. The van der Waals surface area contributed by atoms with Crippen LogP contribution in [-0.2, 0) is 17.5 Å². The van der Waals surface area contributed by atoms with E-state index in [0.29, 0.717) is 22.2 Å². The zero-order valence-electron chi connectivity index (χ0n) is 17.3. The second-order valence-electron chi connectivity index (χ2n) is 7.31. The van der Waals surface area contributed by atoms with Crippen molar-refractivity contribution in [3.05, 3.63) is 75.7 Å². The molecule has 0 bridgehead atoms. The molecule has 0 spiro atoms. The number of thioether (sulfide) groups is 1. The molecule has 0 aliphatic heterocycles. The maximum Gasteiger partial charge on any atom is 0.416 e. The van der Waals surface area contributed by atoms with Crippen molar-refractivity contribution in [1.82, 2.24) is 14.5 Å². The summed E-state index contributed by atoms with van der Waals surface area (Å²) in [4.78, 5) is 21.4. The molecule has 168 valence electrons. The van der Waals surface area contributed by atoms with E-state index in [4.69, 9.17) is 0 Å². The van der Waals surface area contributed by atoms with Crippen molar-refractivity contribution in [2.45, 2.75) is 30.7 Å². The fraction of sp³-hybridized carbons (Fsp3) is 0.217. The van der Waals surface area contributed by atoms with Gasteiger partial charge in [0.15, 0.2) is 16.9 Å². The fourth-order valence-electron chi connectivity index (χ4n) is 3.30. The molecule has 0 N–H and O–H groups in total. The molecule has 2 heterocycles. The second kappa shape index (κ2) is 9.37. The Morgan fingerprint density at radius 3 is 2.61 bits per heavy atom. The van der Waals surface area contributed by atoms with Crippen molar-refractivity contribution in [3.8, 4) is 6.07 Å². The van der Waals surface area contributed by atoms with Gasteiger partial charge in [-0.25, -0.2) is 9.97 Å². The number of halogens is 3. The Labute approximate surface area is 195 Å².